The fraction of sp³-hybridized carbons (Fsp3) is 0.529. The second-order valence-electron chi connectivity index (χ2n) is 6.02. The van der Waals surface area contributed by atoms with E-state index in [1.807, 2.05) is 0 Å². The molecule has 1 amide bonds. The molecule has 0 aromatic heterocycles. The zero-order valence-electron chi connectivity index (χ0n) is 13.6. The SMILES string of the molecule is CCOCC(=O)N1CC[C@H](O)[C@](Cc2cccc(F)c2)(C(=O)O)C1. The zero-order valence-corrected chi connectivity index (χ0v) is 13.6. The van der Waals surface area contributed by atoms with Crippen molar-refractivity contribution in [2.24, 2.45) is 5.41 Å². The van der Waals surface area contributed by atoms with Crippen LogP contribution < -0.4 is 0 Å². The van der Waals surface area contributed by atoms with Crippen molar-refractivity contribution in [2.75, 3.05) is 26.3 Å². The van der Waals surface area contributed by atoms with Gasteiger partial charge in [-0.3, -0.25) is 9.59 Å². The molecule has 24 heavy (non-hydrogen) atoms. The first-order valence-electron chi connectivity index (χ1n) is 7.90. The Bertz CT molecular complexity index is 608. The van der Waals surface area contributed by atoms with E-state index in [1.54, 1.807) is 13.0 Å². The number of rotatable bonds is 6. The van der Waals surface area contributed by atoms with Crippen LogP contribution in [0.5, 0.6) is 0 Å². The Balaban J connectivity index is 2.24. The van der Waals surface area contributed by atoms with Gasteiger partial charge in [0.05, 0.1) is 6.10 Å². The van der Waals surface area contributed by atoms with Crippen molar-refractivity contribution in [1.29, 1.82) is 0 Å². The number of aliphatic hydroxyl groups excluding tert-OH is 1. The minimum atomic E-state index is -1.56. The molecular formula is C17H22FNO5. The lowest BCUT2D eigenvalue weighted by molar-refractivity contribution is -0.166. The van der Waals surface area contributed by atoms with Crippen LogP contribution in [0.2, 0.25) is 0 Å². The number of carboxylic acids is 1. The average molecular weight is 339 g/mol. The van der Waals surface area contributed by atoms with Gasteiger partial charge in [-0.1, -0.05) is 12.1 Å². The van der Waals surface area contributed by atoms with E-state index in [9.17, 15) is 24.2 Å². The molecular weight excluding hydrogens is 317 g/mol. The van der Waals surface area contributed by atoms with E-state index in [0.717, 1.165) is 0 Å². The molecule has 6 nitrogen and oxygen atoms in total. The standard InChI is InChI=1S/C17H22FNO5/c1-2-24-10-15(21)19-7-6-14(20)17(11-19,16(22)23)9-12-4-3-5-13(18)8-12/h3-5,8,14,20H,2,6-7,9-11H2,1H3,(H,22,23)/t14-,17+/m0/s1. The molecule has 0 spiro atoms. The van der Waals surface area contributed by atoms with E-state index in [0.29, 0.717) is 12.2 Å². The number of halogens is 1. The van der Waals surface area contributed by atoms with Gasteiger partial charge >= 0.3 is 5.97 Å². The largest absolute Gasteiger partial charge is 0.481 e. The van der Waals surface area contributed by atoms with Crippen LogP contribution in [0.1, 0.15) is 18.9 Å². The van der Waals surface area contributed by atoms with Crippen LogP contribution in [-0.4, -0.2) is 59.4 Å². The highest BCUT2D eigenvalue weighted by Gasteiger charge is 2.50. The highest BCUT2D eigenvalue weighted by Crippen LogP contribution is 2.35. The van der Waals surface area contributed by atoms with Gasteiger partial charge in [0, 0.05) is 19.7 Å². The number of ether oxygens (including phenoxy) is 1. The molecule has 7 heteroatoms. The number of hydrogen-bond acceptors (Lipinski definition) is 4. The van der Waals surface area contributed by atoms with Crippen molar-refractivity contribution in [3.8, 4) is 0 Å². The van der Waals surface area contributed by atoms with Crippen molar-refractivity contribution < 1.29 is 28.9 Å². The maximum atomic E-state index is 13.4. The Labute approximate surface area is 139 Å². The summed E-state index contributed by atoms with van der Waals surface area (Å²) < 4.78 is 18.5. The van der Waals surface area contributed by atoms with E-state index < -0.39 is 23.3 Å². The fourth-order valence-corrected chi connectivity index (χ4v) is 3.04. The lowest BCUT2D eigenvalue weighted by Gasteiger charge is -2.43. The molecule has 1 aliphatic rings. The molecule has 1 heterocycles. The third-order valence-corrected chi connectivity index (χ3v) is 4.40. The summed E-state index contributed by atoms with van der Waals surface area (Å²) in [5.41, 5.74) is -1.09. The van der Waals surface area contributed by atoms with Crippen LogP contribution in [0, 0.1) is 11.2 Å². The van der Waals surface area contributed by atoms with Crippen LogP contribution in [-0.2, 0) is 20.7 Å². The topological polar surface area (TPSA) is 87.1 Å². The Morgan fingerprint density at radius 2 is 2.21 bits per heavy atom. The summed E-state index contributed by atoms with van der Waals surface area (Å²) in [6, 6.07) is 5.62. The number of benzene rings is 1. The van der Waals surface area contributed by atoms with E-state index >= 15 is 0 Å². The summed E-state index contributed by atoms with van der Waals surface area (Å²) in [6.45, 7) is 2.16. The monoisotopic (exact) mass is 339 g/mol. The lowest BCUT2D eigenvalue weighted by Crippen LogP contribution is -2.58. The summed E-state index contributed by atoms with van der Waals surface area (Å²) in [5, 5.41) is 20.1. The van der Waals surface area contributed by atoms with Gasteiger partial charge < -0.3 is 19.8 Å². The smallest absolute Gasteiger partial charge is 0.314 e. The highest BCUT2D eigenvalue weighted by atomic mass is 19.1. The number of carboxylic acid groups (broad SMARTS) is 1. The van der Waals surface area contributed by atoms with Gasteiger partial charge in [-0.05, 0) is 37.5 Å². The second-order valence-corrected chi connectivity index (χ2v) is 6.02. The Hall–Kier alpha value is -1.99. The van der Waals surface area contributed by atoms with Crippen molar-refractivity contribution in [3.63, 3.8) is 0 Å². The number of carbonyl (C=O) groups excluding carboxylic acids is 1. The molecule has 1 aromatic carbocycles. The summed E-state index contributed by atoms with van der Waals surface area (Å²) >= 11 is 0. The third-order valence-electron chi connectivity index (χ3n) is 4.40. The predicted octanol–water partition coefficient (Wildman–Crippen LogP) is 1.07. The van der Waals surface area contributed by atoms with Crippen molar-refractivity contribution in [2.45, 2.75) is 25.9 Å². The summed E-state index contributed by atoms with van der Waals surface area (Å²) in [7, 11) is 0. The van der Waals surface area contributed by atoms with Crippen LogP contribution >= 0.6 is 0 Å². The molecule has 0 aliphatic carbocycles. The summed E-state index contributed by atoms with van der Waals surface area (Å²) in [5.74, 6) is -1.98. The first-order valence-corrected chi connectivity index (χ1v) is 7.90. The van der Waals surface area contributed by atoms with E-state index in [2.05, 4.69) is 0 Å². The number of amides is 1. The number of aliphatic hydroxyl groups is 1. The summed E-state index contributed by atoms with van der Waals surface area (Å²) in [4.78, 5) is 25.5. The summed E-state index contributed by atoms with van der Waals surface area (Å²) in [6.07, 6.45) is -1.02. The molecule has 2 rings (SSSR count). The van der Waals surface area contributed by atoms with E-state index in [4.69, 9.17) is 4.74 Å². The first kappa shape index (κ1) is 18.4. The number of nitrogens with zero attached hydrogens (tertiary/aromatic N) is 1. The van der Waals surface area contributed by atoms with Gasteiger partial charge in [0.25, 0.3) is 0 Å². The first-order chi connectivity index (χ1) is 11.4. The molecule has 1 saturated heterocycles. The quantitative estimate of drug-likeness (QED) is 0.809. The molecule has 1 aliphatic heterocycles. The van der Waals surface area contributed by atoms with E-state index in [1.165, 1.54) is 23.1 Å². The Kier molecular flexibility index (Phi) is 5.90. The molecule has 132 valence electrons. The minimum absolute atomic E-state index is 0.0559. The molecule has 0 saturated carbocycles. The van der Waals surface area contributed by atoms with Crippen molar-refractivity contribution in [3.05, 3.63) is 35.6 Å². The maximum absolute atomic E-state index is 13.4. The number of likely N-dealkylation sites (tertiary alicyclic amines) is 1. The number of piperidine rings is 1. The molecule has 2 N–H and O–H groups in total. The fourth-order valence-electron chi connectivity index (χ4n) is 3.04. The van der Waals surface area contributed by atoms with Crippen molar-refractivity contribution in [1.82, 2.24) is 4.90 Å². The Morgan fingerprint density at radius 3 is 2.83 bits per heavy atom. The number of hydrogen-bond donors (Lipinski definition) is 2. The van der Waals surface area contributed by atoms with Gasteiger partial charge in [0.1, 0.15) is 17.8 Å². The van der Waals surface area contributed by atoms with Crippen LogP contribution in [0.3, 0.4) is 0 Å². The third kappa shape index (κ3) is 3.91. The molecule has 0 unspecified atom stereocenters. The Morgan fingerprint density at radius 1 is 1.46 bits per heavy atom. The number of carbonyl (C=O) groups is 2. The van der Waals surface area contributed by atoms with E-state index in [-0.39, 0.29) is 38.4 Å². The molecule has 0 radical (unpaired) electrons. The molecule has 1 aromatic rings. The lowest BCUT2D eigenvalue weighted by atomic mass is 9.73. The molecule has 1 fully saturated rings. The van der Waals surface area contributed by atoms with Gasteiger partial charge in [-0.2, -0.15) is 0 Å². The van der Waals surface area contributed by atoms with Gasteiger partial charge in [0.15, 0.2) is 0 Å². The van der Waals surface area contributed by atoms with Crippen molar-refractivity contribution >= 4 is 11.9 Å². The molecule has 2 atom stereocenters. The highest BCUT2D eigenvalue weighted by molar-refractivity contribution is 5.81. The predicted molar refractivity (Wildman–Crippen MR) is 83.9 cm³/mol. The normalized spacial score (nSPS) is 24.0. The van der Waals surface area contributed by atoms with Crippen LogP contribution in [0.15, 0.2) is 24.3 Å². The zero-order chi connectivity index (χ0) is 17.7. The van der Waals surface area contributed by atoms with Gasteiger partial charge in [-0.25, -0.2) is 4.39 Å². The van der Waals surface area contributed by atoms with Gasteiger partial charge in [-0.15, -0.1) is 0 Å². The molecule has 0 bridgehead atoms. The van der Waals surface area contributed by atoms with Crippen LogP contribution in [0.4, 0.5) is 4.39 Å². The number of aliphatic carboxylic acids is 1. The van der Waals surface area contributed by atoms with Crippen LogP contribution in [0.25, 0.3) is 0 Å². The van der Waals surface area contributed by atoms with Gasteiger partial charge in [0.2, 0.25) is 5.91 Å². The minimum Gasteiger partial charge on any atom is -0.481 e. The average Bonchev–Trinajstić information content (AvgIpc) is 2.54. The second kappa shape index (κ2) is 7.72. The maximum Gasteiger partial charge on any atom is 0.314 e.